The molecule has 78 valence electrons. The zero-order valence-electron chi connectivity index (χ0n) is 7.64. The Hall–Kier alpha value is -0.270. The van der Waals surface area contributed by atoms with E-state index in [4.69, 9.17) is 0 Å². The Kier molecular flexibility index (Phi) is 3.53. The highest BCUT2D eigenvalue weighted by atomic mass is 127. The Bertz CT molecular complexity index is 517. The van der Waals surface area contributed by atoms with E-state index in [0.29, 0.717) is 12.7 Å². The normalized spacial score (nSPS) is 11.6. The third-order valence-electron chi connectivity index (χ3n) is 1.79. The molecule has 0 N–H and O–H groups in total. The first kappa shape index (κ1) is 11.2. The van der Waals surface area contributed by atoms with Crippen LogP contribution in [-0.4, -0.2) is 32.1 Å². The number of aromatic nitrogens is 4. The maximum absolute atomic E-state index is 10.7. The highest BCUT2D eigenvalue weighted by molar-refractivity contribution is 14.2. The Morgan fingerprint density at radius 2 is 2.40 bits per heavy atom. The van der Waals surface area contributed by atoms with Gasteiger partial charge in [0, 0.05) is 0 Å². The minimum Gasteiger partial charge on any atom is -0.294 e. The lowest BCUT2D eigenvalue weighted by Crippen LogP contribution is -1.97. The lowest BCUT2D eigenvalue weighted by molar-refractivity contribution is 0.111. The molecule has 0 saturated heterocycles. The van der Waals surface area contributed by atoms with Crippen molar-refractivity contribution < 1.29 is 4.79 Å². The summed E-state index contributed by atoms with van der Waals surface area (Å²) in [4.78, 5) is 18.9. The van der Waals surface area contributed by atoms with Crippen LogP contribution in [-0.2, 0) is 0 Å². The lowest BCUT2D eigenvalue weighted by atomic mass is 10.4. The fraction of sp³-hybridized carbons (Fsp3) is 0.143. The monoisotopic (exact) mass is 352 g/mol. The van der Waals surface area contributed by atoms with E-state index in [0.717, 1.165) is 16.1 Å². The summed E-state index contributed by atoms with van der Waals surface area (Å²) in [6.07, 6.45) is 4.78. The highest BCUT2D eigenvalue weighted by Gasteiger charge is 2.11. The van der Waals surface area contributed by atoms with Gasteiger partial charge in [-0.1, -0.05) is 0 Å². The van der Waals surface area contributed by atoms with Gasteiger partial charge in [-0.05, 0) is 28.3 Å². The van der Waals surface area contributed by atoms with Crippen molar-refractivity contribution in [2.45, 2.75) is 5.03 Å². The molecule has 2 rings (SSSR count). The van der Waals surface area contributed by atoms with Crippen LogP contribution < -0.4 is 0 Å². The molecule has 2 heterocycles. The van der Waals surface area contributed by atoms with Crippen LogP contribution in [0.5, 0.6) is 0 Å². The van der Waals surface area contributed by atoms with Gasteiger partial charge in [0.05, 0.1) is 18.0 Å². The van der Waals surface area contributed by atoms with Crippen molar-refractivity contribution in [2.24, 2.45) is 0 Å². The van der Waals surface area contributed by atoms with Crippen LogP contribution in [0.15, 0.2) is 11.2 Å². The van der Waals surface area contributed by atoms with Crippen LogP contribution in [0.3, 0.4) is 0 Å². The standard InChI is InChI=1S/C7H6IN4OPS/c1-15-7-4-2-9-12(14-8)6(4)10-5(3-13)11-7/h2-3,14H,1H3. The van der Waals surface area contributed by atoms with E-state index in [9.17, 15) is 4.79 Å². The van der Waals surface area contributed by atoms with Crippen molar-refractivity contribution in [2.75, 3.05) is 6.26 Å². The van der Waals surface area contributed by atoms with Crippen molar-refractivity contribution in [1.82, 2.24) is 19.5 Å². The van der Waals surface area contributed by atoms with Gasteiger partial charge in [0.1, 0.15) is 5.03 Å². The number of carbonyl (C=O) groups excluding carboxylic acids is 1. The summed E-state index contributed by atoms with van der Waals surface area (Å²) in [6, 6.07) is 0. The minimum absolute atomic E-state index is 0.211. The second-order valence-corrected chi connectivity index (χ2v) is 5.42. The molecule has 0 bridgehead atoms. The molecule has 15 heavy (non-hydrogen) atoms. The Balaban J connectivity index is 2.77. The van der Waals surface area contributed by atoms with Crippen LogP contribution in [0, 0.1) is 0 Å². The quantitative estimate of drug-likeness (QED) is 0.279. The Morgan fingerprint density at radius 3 is 3.00 bits per heavy atom. The largest absolute Gasteiger partial charge is 0.294 e. The summed E-state index contributed by atoms with van der Waals surface area (Å²) in [7, 11) is 0. The maximum atomic E-state index is 10.7. The maximum Gasteiger partial charge on any atom is 0.195 e. The molecule has 0 spiro atoms. The van der Waals surface area contributed by atoms with E-state index in [-0.39, 0.29) is 5.82 Å². The molecule has 0 radical (unpaired) electrons. The number of carbonyl (C=O) groups is 1. The summed E-state index contributed by atoms with van der Waals surface area (Å²) in [5.41, 5.74) is 0.726. The third-order valence-corrected chi connectivity index (χ3v) is 4.35. The first-order valence-corrected chi connectivity index (χ1v) is 9.20. The second kappa shape index (κ2) is 4.71. The molecule has 0 aliphatic heterocycles. The van der Waals surface area contributed by atoms with Gasteiger partial charge in [0.15, 0.2) is 17.8 Å². The van der Waals surface area contributed by atoms with Crippen molar-refractivity contribution in [1.29, 1.82) is 0 Å². The Labute approximate surface area is 105 Å². The van der Waals surface area contributed by atoms with E-state index >= 15 is 0 Å². The van der Waals surface area contributed by atoms with E-state index in [1.807, 2.05) is 6.26 Å². The number of halogens is 1. The SMILES string of the molecule is CSc1nc(C=O)nc2c1cnn2PI. The molecule has 0 aliphatic carbocycles. The Morgan fingerprint density at radius 1 is 1.60 bits per heavy atom. The predicted octanol–water partition coefficient (Wildman–Crippen LogP) is 2.15. The van der Waals surface area contributed by atoms with Crippen LogP contribution in [0.4, 0.5) is 0 Å². The van der Waals surface area contributed by atoms with Gasteiger partial charge in [0.25, 0.3) is 0 Å². The van der Waals surface area contributed by atoms with Crippen molar-refractivity contribution in [3.8, 4) is 0 Å². The second-order valence-electron chi connectivity index (χ2n) is 2.59. The molecule has 0 fully saturated rings. The van der Waals surface area contributed by atoms with Crippen molar-refractivity contribution in [3.63, 3.8) is 0 Å². The molecule has 1 unspecified atom stereocenters. The number of thioether (sulfide) groups is 1. The van der Waals surface area contributed by atoms with Gasteiger partial charge >= 0.3 is 0 Å². The molecule has 5 nitrogen and oxygen atoms in total. The molecule has 0 aromatic carbocycles. The van der Waals surface area contributed by atoms with Crippen molar-refractivity contribution in [3.05, 3.63) is 12.0 Å². The van der Waals surface area contributed by atoms with E-state index in [2.05, 4.69) is 37.1 Å². The number of aldehydes is 1. The van der Waals surface area contributed by atoms with Crippen LogP contribution in [0.1, 0.15) is 10.6 Å². The lowest BCUT2D eigenvalue weighted by Gasteiger charge is -2.00. The van der Waals surface area contributed by atoms with Crippen molar-refractivity contribution >= 4 is 57.5 Å². The molecule has 8 heteroatoms. The molecular formula is C7H6IN4OPS. The molecular weight excluding hydrogens is 346 g/mol. The molecule has 2 aromatic rings. The summed E-state index contributed by atoms with van der Waals surface area (Å²) in [5, 5.41) is 5.88. The zero-order chi connectivity index (χ0) is 10.8. The number of hydrogen-bond donors (Lipinski definition) is 0. The first-order valence-electron chi connectivity index (χ1n) is 3.91. The number of nitrogens with zero attached hydrogens (tertiary/aromatic N) is 4. The van der Waals surface area contributed by atoms with Gasteiger partial charge in [-0.2, -0.15) is 5.10 Å². The fourth-order valence-electron chi connectivity index (χ4n) is 1.17. The summed E-state index contributed by atoms with van der Waals surface area (Å²) in [5.74, 6) is 0.211. The number of fused-ring (bicyclic) bond motifs is 1. The van der Waals surface area contributed by atoms with Crippen LogP contribution in [0.25, 0.3) is 11.0 Å². The zero-order valence-corrected chi connectivity index (χ0v) is 11.6. The van der Waals surface area contributed by atoms with Gasteiger partial charge in [-0.3, -0.25) is 4.79 Å². The number of hydrogen-bond acceptors (Lipinski definition) is 5. The topological polar surface area (TPSA) is 60.7 Å². The molecule has 0 amide bonds. The third kappa shape index (κ3) is 2.00. The molecule has 0 saturated carbocycles. The van der Waals surface area contributed by atoms with Crippen LogP contribution >= 0.6 is 40.2 Å². The average molecular weight is 352 g/mol. The van der Waals surface area contributed by atoms with Gasteiger partial charge in [-0.15, -0.1) is 11.8 Å². The van der Waals surface area contributed by atoms with E-state index < -0.39 is 0 Å². The minimum atomic E-state index is 0.211. The summed E-state index contributed by atoms with van der Waals surface area (Å²) >= 11 is 3.71. The first-order chi connectivity index (χ1) is 7.30. The highest BCUT2D eigenvalue weighted by Crippen LogP contribution is 2.30. The van der Waals surface area contributed by atoms with Gasteiger partial charge in [-0.25, -0.2) is 14.4 Å². The fourth-order valence-corrected chi connectivity index (χ4v) is 3.13. The summed E-state index contributed by atoms with van der Waals surface area (Å²) in [6.45, 7) is 0. The molecule has 2 aromatic heterocycles. The smallest absolute Gasteiger partial charge is 0.195 e. The average Bonchev–Trinajstić information content (AvgIpc) is 2.70. The van der Waals surface area contributed by atoms with Gasteiger partial charge in [0.2, 0.25) is 0 Å². The predicted molar refractivity (Wildman–Crippen MR) is 70.2 cm³/mol. The molecule has 0 aliphatic rings. The van der Waals surface area contributed by atoms with Gasteiger partial charge < -0.3 is 0 Å². The van der Waals surface area contributed by atoms with E-state index in [1.165, 1.54) is 11.8 Å². The number of rotatable bonds is 3. The van der Waals surface area contributed by atoms with E-state index in [1.54, 1.807) is 10.6 Å². The molecule has 1 atom stereocenters. The van der Waals surface area contributed by atoms with Crippen LogP contribution in [0.2, 0.25) is 0 Å². The summed E-state index contributed by atoms with van der Waals surface area (Å²) < 4.78 is 1.77.